The van der Waals surface area contributed by atoms with E-state index in [4.69, 9.17) is 27.9 Å². The van der Waals surface area contributed by atoms with Gasteiger partial charge in [0.1, 0.15) is 5.75 Å². The molecule has 0 saturated carbocycles. The van der Waals surface area contributed by atoms with E-state index in [-0.39, 0.29) is 0 Å². The average Bonchev–Trinajstić information content (AvgIpc) is 2.73. The van der Waals surface area contributed by atoms with Crippen LogP contribution in [0.2, 0.25) is 10.0 Å². The molecule has 3 rings (SSSR count). The van der Waals surface area contributed by atoms with E-state index in [2.05, 4.69) is 55.1 Å². The van der Waals surface area contributed by atoms with Gasteiger partial charge in [-0.1, -0.05) is 48.7 Å². The van der Waals surface area contributed by atoms with Gasteiger partial charge < -0.3 is 14.5 Å². The molecule has 2 aromatic carbocycles. The molecule has 0 aromatic heterocycles. The Morgan fingerprint density at radius 3 is 2.48 bits per heavy atom. The fourth-order valence-electron chi connectivity index (χ4n) is 4.09. The Labute approximate surface area is 185 Å². The van der Waals surface area contributed by atoms with Crippen LogP contribution >= 0.6 is 23.2 Å². The van der Waals surface area contributed by atoms with Gasteiger partial charge in [0, 0.05) is 38.3 Å². The van der Waals surface area contributed by atoms with Gasteiger partial charge >= 0.3 is 0 Å². The zero-order valence-electron chi connectivity index (χ0n) is 17.7. The molecule has 0 unspecified atom stereocenters. The van der Waals surface area contributed by atoms with Gasteiger partial charge in [-0.25, -0.2) is 0 Å². The van der Waals surface area contributed by atoms with Crippen LogP contribution in [0.15, 0.2) is 42.5 Å². The molecule has 1 aliphatic heterocycles. The van der Waals surface area contributed by atoms with Crippen LogP contribution in [0.25, 0.3) is 0 Å². The van der Waals surface area contributed by atoms with Gasteiger partial charge in [-0.2, -0.15) is 0 Å². The van der Waals surface area contributed by atoms with E-state index < -0.39 is 0 Å². The zero-order chi connectivity index (χ0) is 20.8. The lowest BCUT2D eigenvalue weighted by molar-refractivity contribution is 0.110. The van der Waals surface area contributed by atoms with Crippen molar-refractivity contribution in [2.75, 3.05) is 45.2 Å². The van der Waals surface area contributed by atoms with E-state index >= 15 is 0 Å². The minimum atomic E-state index is 0.445. The highest BCUT2D eigenvalue weighted by Crippen LogP contribution is 2.35. The fraction of sp³-hybridized carbons (Fsp3) is 0.500. The van der Waals surface area contributed by atoms with Gasteiger partial charge in [0.25, 0.3) is 0 Å². The maximum absolute atomic E-state index is 6.17. The maximum Gasteiger partial charge on any atom is 0.120 e. The lowest BCUT2D eigenvalue weighted by Gasteiger charge is -2.39. The summed E-state index contributed by atoms with van der Waals surface area (Å²) in [7, 11) is 4.16. The largest absolute Gasteiger partial charge is 0.493 e. The summed E-state index contributed by atoms with van der Waals surface area (Å²) in [6.07, 6.45) is 3.65. The van der Waals surface area contributed by atoms with Crippen LogP contribution in [0.1, 0.15) is 37.7 Å². The van der Waals surface area contributed by atoms with Crippen molar-refractivity contribution in [3.05, 3.63) is 58.1 Å². The van der Waals surface area contributed by atoms with Crippen molar-refractivity contribution < 1.29 is 4.74 Å². The Morgan fingerprint density at radius 2 is 1.83 bits per heavy atom. The summed E-state index contributed by atoms with van der Waals surface area (Å²) in [6, 6.07) is 14.5. The summed E-state index contributed by atoms with van der Waals surface area (Å²) in [5.41, 5.74) is 2.64. The van der Waals surface area contributed by atoms with Gasteiger partial charge in [-0.3, -0.25) is 0 Å². The van der Waals surface area contributed by atoms with Crippen LogP contribution < -0.4 is 9.64 Å². The molecule has 2 aromatic rings. The first-order valence-electron chi connectivity index (χ1n) is 10.6. The second-order valence-electron chi connectivity index (χ2n) is 8.18. The monoisotopic (exact) mass is 434 g/mol. The Kier molecular flexibility index (Phi) is 8.11. The van der Waals surface area contributed by atoms with Crippen LogP contribution in [0.5, 0.6) is 5.75 Å². The third kappa shape index (κ3) is 6.04. The number of hydrogen-bond acceptors (Lipinski definition) is 3. The van der Waals surface area contributed by atoms with Crippen LogP contribution in [0, 0.1) is 5.92 Å². The number of unbranched alkanes of at least 4 members (excludes halogenated alkanes) is 1. The summed E-state index contributed by atoms with van der Waals surface area (Å²) in [5, 5.41) is 1.09. The third-order valence-electron chi connectivity index (χ3n) is 5.84. The number of likely N-dealkylation sites (tertiary alicyclic amines) is 1. The Hall–Kier alpha value is -1.42. The van der Waals surface area contributed by atoms with E-state index in [0.29, 0.717) is 28.5 Å². The summed E-state index contributed by atoms with van der Waals surface area (Å²) >= 11 is 12.2. The van der Waals surface area contributed by atoms with Crippen molar-refractivity contribution in [1.29, 1.82) is 0 Å². The SMILES string of the molecule is CCCCN1CC[C@H](c2ccc(N(C)C)cc2)[C@@H](COc2ccc(Cl)c(Cl)c2)C1. The normalized spacial score (nSPS) is 19.9. The smallest absolute Gasteiger partial charge is 0.120 e. The number of nitrogens with zero attached hydrogens (tertiary/aromatic N) is 2. The number of ether oxygens (including phenoxy) is 1. The second kappa shape index (κ2) is 10.6. The number of hydrogen-bond donors (Lipinski definition) is 0. The van der Waals surface area contributed by atoms with Crippen LogP contribution in [-0.4, -0.2) is 45.2 Å². The quantitative estimate of drug-likeness (QED) is 0.481. The summed E-state index contributed by atoms with van der Waals surface area (Å²) < 4.78 is 6.17. The highest BCUT2D eigenvalue weighted by Gasteiger charge is 2.30. The Bertz CT molecular complexity index is 779. The second-order valence-corrected chi connectivity index (χ2v) is 9.00. The Morgan fingerprint density at radius 1 is 1.07 bits per heavy atom. The van der Waals surface area contributed by atoms with Crippen molar-refractivity contribution in [3.8, 4) is 5.75 Å². The van der Waals surface area contributed by atoms with Crippen molar-refractivity contribution in [3.63, 3.8) is 0 Å². The molecule has 0 aliphatic carbocycles. The van der Waals surface area contributed by atoms with Gasteiger partial charge in [-0.05, 0) is 61.7 Å². The van der Waals surface area contributed by atoms with Crippen molar-refractivity contribution in [1.82, 2.24) is 4.90 Å². The van der Waals surface area contributed by atoms with Gasteiger partial charge in [-0.15, -0.1) is 0 Å². The molecule has 0 spiro atoms. The van der Waals surface area contributed by atoms with Crippen LogP contribution in [0.4, 0.5) is 5.69 Å². The van der Waals surface area contributed by atoms with Gasteiger partial charge in [0.15, 0.2) is 0 Å². The summed E-state index contributed by atoms with van der Waals surface area (Å²) in [6.45, 7) is 6.33. The number of rotatable bonds is 8. The van der Waals surface area contributed by atoms with E-state index in [1.165, 1.54) is 37.1 Å². The Balaban J connectivity index is 1.73. The number of benzene rings is 2. The minimum absolute atomic E-state index is 0.445. The van der Waals surface area contributed by atoms with Crippen molar-refractivity contribution in [2.24, 2.45) is 5.92 Å². The van der Waals surface area contributed by atoms with Crippen LogP contribution in [-0.2, 0) is 0 Å². The molecule has 1 heterocycles. The minimum Gasteiger partial charge on any atom is -0.493 e. The predicted molar refractivity (Wildman–Crippen MR) is 125 cm³/mol. The van der Waals surface area contributed by atoms with E-state index in [1.54, 1.807) is 6.07 Å². The third-order valence-corrected chi connectivity index (χ3v) is 6.58. The van der Waals surface area contributed by atoms with E-state index in [9.17, 15) is 0 Å². The summed E-state index contributed by atoms with van der Waals surface area (Å²) in [4.78, 5) is 4.74. The molecule has 0 amide bonds. The predicted octanol–water partition coefficient (Wildman–Crippen LogP) is 6.34. The zero-order valence-corrected chi connectivity index (χ0v) is 19.2. The molecule has 3 nitrogen and oxygen atoms in total. The lowest BCUT2D eigenvalue weighted by atomic mass is 9.80. The molecule has 2 atom stereocenters. The van der Waals surface area contributed by atoms with E-state index in [1.807, 2.05) is 12.1 Å². The average molecular weight is 435 g/mol. The first kappa shape index (κ1) is 22.3. The first-order valence-corrected chi connectivity index (χ1v) is 11.3. The molecule has 29 heavy (non-hydrogen) atoms. The highest BCUT2D eigenvalue weighted by molar-refractivity contribution is 6.42. The highest BCUT2D eigenvalue weighted by atomic mass is 35.5. The number of anilines is 1. The molecule has 0 N–H and O–H groups in total. The standard InChI is InChI=1S/C24H32Cl2N2O/c1-4-5-13-28-14-12-22(18-6-8-20(9-7-18)27(2)3)19(16-28)17-29-21-10-11-23(25)24(26)15-21/h6-11,15,19,22H,4-5,12-14,16-17H2,1-3H3/t19-,22-/m1/s1. The lowest BCUT2D eigenvalue weighted by Crippen LogP contribution is -2.42. The molecular weight excluding hydrogens is 403 g/mol. The fourth-order valence-corrected chi connectivity index (χ4v) is 4.38. The van der Waals surface area contributed by atoms with Crippen molar-refractivity contribution in [2.45, 2.75) is 32.1 Å². The van der Waals surface area contributed by atoms with E-state index in [0.717, 1.165) is 18.8 Å². The number of piperidine rings is 1. The molecule has 1 saturated heterocycles. The van der Waals surface area contributed by atoms with Crippen LogP contribution in [0.3, 0.4) is 0 Å². The molecule has 158 valence electrons. The molecule has 1 fully saturated rings. The number of halogens is 2. The molecule has 1 aliphatic rings. The topological polar surface area (TPSA) is 15.7 Å². The van der Waals surface area contributed by atoms with Gasteiger partial charge in [0.2, 0.25) is 0 Å². The van der Waals surface area contributed by atoms with Gasteiger partial charge in [0.05, 0.1) is 16.7 Å². The maximum atomic E-state index is 6.17. The van der Waals surface area contributed by atoms with Crippen molar-refractivity contribution >= 4 is 28.9 Å². The molecule has 5 heteroatoms. The summed E-state index contributed by atoms with van der Waals surface area (Å²) in [5.74, 6) is 1.74. The molecule has 0 bridgehead atoms. The molecule has 0 radical (unpaired) electrons. The first-order chi connectivity index (χ1) is 14.0. The molecular formula is C24H32Cl2N2O.